The molecule has 2 aromatic rings. The smallest absolute Gasteiger partial charge is 0.152 e. The Kier molecular flexibility index (Phi) is 2.90. The van der Waals surface area contributed by atoms with E-state index in [1.165, 1.54) is 27.8 Å². The van der Waals surface area contributed by atoms with E-state index in [9.17, 15) is 4.79 Å². The highest BCUT2D eigenvalue weighted by Crippen LogP contribution is 2.48. The van der Waals surface area contributed by atoms with Gasteiger partial charge in [-0.1, -0.05) is 60.7 Å². The fourth-order valence-corrected chi connectivity index (χ4v) is 4.04. The Hall–Kier alpha value is -2.41. The zero-order valence-electron chi connectivity index (χ0n) is 12.5. The Morgan fingerprint density at radius 2 is 1.73 bits per heavy atom. The van der Waals surface area contributed by atoms with Crippen LogP contribution in [0.25, 0.3) is 6.08 Å². The fourth-order valence-electron chi connectivity index (χ4n) is 4.04. The van der Waals surface area contributed by atoms with E-state index in [0.717, 1.165) is 6.42 Å². The van der Waals surface area contributed by atoms with E-state index in [2.05, 4.69) is 49.1 Å². The van der Waals surface area contributed by atoms with Gasteiger partial charge in [-0.15, -0.1) is 6.58 Å². The molecule has 0 fully saturated rings. The summed E-state index contributed by atoms with van der Waals surface area (Å²) in [5.74, 6) is 0.313. The maximum Gasteiger partial charge on any atom is 0.152 e. The van der Waals surface area contributed by atoms with Crippen LogP contribution in [-0.4, -0.2) is 5.78 Å². The number of hydrogen-bond donors (Lipinski definition) is 0. The summed E-state index contributed by atoms with van der Waals surface area (Å²) in [6.45, 7) is 3.92. The number of ketones is 1. The Balaban J connectivity index is 1.90. The van der Waals surface area contributed by atoms with Gasteiger partial charge in [0.2, 0.25) is 0 Å². The highest BCUT2D eigenvalue weighted by atomic mass is 16.1. The van der Waals surface area contributed by atoms with Crippen molar-refractivity contribution in [3.63, 3.8) is 0 Å². The molecule has 0 saturated heterocycles. The zero-order valence-corrected chi connectivity index (χ0v) is 12.5. The molecule has 1 nitrogen and oxygen atoms in total. The summed E-state index contributed by atoms with van der Waals surface area (Å²) in [7, 11) is 0. The number of hydrogen-bond acceptors (Lipinski definition) is 1. The zero-order chi connectivity index (χ0) is 15.2. The van der Waals surface area contributed by atoms with Gasteiger partial charge in [0.1, 0.15) is 0 Å². The number of carbonyl (C=O) groups is 1. The molecule has 4 rings (SSSR count). The van der Waals surface area contributed by atoms with Gasteiger partial charge in [-0.2, -0.15) is 0 Å². The minimum Gasteiger partial charge on any atom is -0.298 e. The maximum absolute atomic E-state index is 13.0. The third-order valence-electron chi connectivity index (χ3n) is 5.07. The van der Waals surface area contributed by atoms with Gasteiger partial charge < -0.3 is 0 Å². The number of allylic oxidation sites excluding steroid dienone is 2. The van der Waals surface area contributed by atoms with Crippen LogP contribution in [-0.2, 0) is 23.1 Å². The van der Waals surface area contributed by atoms with Crippen molar-refractivity contribution in [2.45, 2.75) is 24.7 Å². The predicted octanol–water partition coefficient (Wildman–Crippen LogP) is 4.27. The number of Topliss-reactive ketones (excluding diaryl/α,β-unsaturated/α-hetero) is 1. The summed E-state index contributed by atoms with van der Waals surface area (Å²) >= 11 is 0. The number of fused-ring (bicyclic) bond motifs is 2. The molecule has 0 aromatic heterocycles. The normalized spacial score (nSPS) is 22.2. The summed E-state index contributed by atoms with van der Waals surface area (Å²) in [6, 6.07) is 16.7. The molecule has 2 aromatic carbocycles. The average Bonchev–Trinajstić information content (AvgIpc) is 3.08. The molecule has 0 radical (unpaired) electrons. The summed E-state index contributed by atoms with van der Waals surface area (Å²) in [5.41, 5.74) is 5.64. The van der Waals surface area contributed by atoms with Crippen LogP contribution in [0.1, 0.15) is 28.7 Å². The van der Waals surface area contributed by atoms with Crippen molar-refractivity contribution in [2.24, 2.45) is 0 Å². The van der Waals surface area contributed by atoms with Gasteiger partial charge >= 0.3 is 0 Å². The van der Waals surface area contributed by atoms with Crippen molar-refractivity contribution >= 4 is 11.9 Å². The third kappa shape index (κ3) is 1.69. The van der Waals surface area contributed by atoms with Crippen LogP contribution in [0.4, 0.5) is 0 Å². The summed E-state index contributed by atoms with van der Waals surface area (Å²) in [5, 5.41) is 0. The van der Waals surface area contributed by atoms with Crippen LogP contribution in [0.15, 0.2) is 66.8 Å². The molecule has 108 valence electrons. The van der Waals surface area contributed by atoms with Crippen LogP contribution in [0.3, 0.4) is 0 Å². The molecule has 1 heteroatoms. The van der Waals surface area contributed by atoms with Crippen LogP contribution >= 0.6 is 0 Å². The molecule has 0 saturated carbocycles. The SMILES string of the molecule is C=CCC1(C2=Cc3ccccc3C2)C(=O)Cc2ccccc21. The van der Waals surface area contributed by atoms with Crippen molar-refractivity contribution in [3.05, 3.63) is 89.0 Å². The minimum atomic E-state index is -0.503. The molecule has 0 aliphatic heterocycles. The molecule has 0 heterocycles. The van der Waals surface area contributed by atoms with E-state index >= 15 is 0 Å². The van der Waals surface area contributed by atoms with Gasteiger partial charge in [0.15, 0.2) is 5.78 Å². The second-order valence-electron chi connectivity index (χ2n) is 6.20. The van der Waals surface area contributed by atoms with E-state index in [4.69, 9.17) is 0 Å². The van der Waals surface area contributed by atoms with Crippen molar-refractivity contribution in [1.82, 2.24) is 0 Å². The van der Waals surface area contributed by atoms with Gasteiger partial charge in [-0.05, 0) is 40.7 Å². The molecule has 1 atom stereocenters. The summed E-state index contributed by atoms with van der Waals surface area (Å²) < 4.78 is 0. The number of benzene rings is 2. The topological polar surface area (TPSA) is 17.1 Å². The second kappa shape index (κ2) is 4.81. The van der Waals surface area contributed by atoms with Crippen LogP contribution < -0.4 is 0 Å². The average molecular weight is 286 g/mol. The lowest BCUT2D eigenvalue weighted by molar-refractivity contribution is -0.121. The van der Waals surface area contributed by atoms with Gasteiger partial charge in [-0.3, -0.25) is 4.79 Å². The Labute approximate surface area is 131 Å². The molecule has 0 spiro atoms. The van der Waals surface area contributed by atoms with Crippen LogP contribution in [0, 0.1) is 0 Å². The summed E-state index contributed by atoms with van der Waals surface area (Å²) in [4.78, 5) is 13.0. The number of rotatable bonds is 3. The Morgan fingerprint density at radius 3 is 2.50 bits per heavy atom. The lowest BCUT2D eigenvalue weighted by atomic mass is 9.71. The maximum atomic E-state index is 13.0. The first-order chi connectivity index (χ1) is 10.8. The number of carbonyl (C=O) groups excluding carboxylic acids is 1. The van der Waals surface area contributed by atoms with E-state index < -0.39 is 5.41 Å². The molecule has 0 amide bonds. The highest BCUT2D eigenvalue weighted by molar-refractivity contribution is 6.01. The van der Waals surface area contributed by atoms with Gasteiger partial charge in [0.05, 0.1) is 5.41 Å². The molecule has 1 unspecified atom stereocenters. The lowest BCUT2D eigenvalue weighted by Gasteiger charge is -2.29. The van der Waals surface area contributed by atoms with Crippen molar-refractivity contribution < 1.29 is 4.79 Å². The van der Waals surface area contributed by atoms with Gasteiger partial charge in [0, 0.05) is 6.42 Å². The largest absolute Gasteiger partial charge is 0.298 e. The van der Waals surface area contributed by atoms with E-state index in [0.29, 0.717) is 18.6 Å². The van der Waals surface area contributed by atoms with Gasteiger partial charge in [0.25, 0.3) is 0 Å². The van der Waals surface area contributed by atoms with Gasteiger partial charge in [-0.25, -0.2) is 0 Å². The second-order valence-corrected chi connectivity index (χ2v) is 6.20. The molecule has 2 aliphatic rings. The first-order valence-corrected chi connectivity index (χ1v) is 7.77. The quantitative estimate of drug-likeness (QED) is 0.770. The third-order valence-corrected chi connectivity index (χ3v) is 5.07. The minimum absolute atomic E-state index is 0.313. The van der Waals surface area contributed by atoms with Crippen molar-refractivity contribution in [1.29, 1.82) is 0 Å². The monoisotopic (exact) mass is 286 g/mol. The van der Waals surface area contributed by atoms with Crippen molar-refractivity contribution in [3.8, 4) is 0 Å². The lowest BCUT2D eigenvalue weighted by Crippen LogP contribution is -2.34. The predicted molar refractivity (Wildman–Crippen MR) is 89.8 cm³/mol. The van der Waals surface area contributed by atoms with Crippen LogP contribution in [0.2, 0.25) is 0 Å². The molecule has 22 heavy (non-hydrogen) atoms. The molecule has 2 aliphatic carbocycles. The van der Waals surface area contributed by atoms with E-state index in [1.807, 2.05) is 18.2 Å². The molecular weight excluding hydrogens is 268 g/mol. The van der Waals surface area contributed by atoms with E-state index in [-0.39, 0.29) is 0 Å². The first kappa shape index (κ1) is 13.3. The Bertz CT molecular complexity index is 812. The molecule has 0 N–H and O–H groups in total. The summed E-state index contributed by atoms with van der Waals surface area (Å²) in [6.07, 6.45) is 6.20. The Morgan fingerprint density at radius 1 is 1.00 bits per heavy atom. The van der Waals surface area contributed by atoms with E-state index in [1.54, 1.807) is 0 Å². The fraction of sp³-hybridized carbons (Fsp3) is 0.190. The molecular formula is C21H18O. The standard InChI is InChI=1S/C21H18O/c1-2-11-21(18-12-15-7-3-4-8-16(15)13-18)19-10-6-5-9-17(19)14-20(21)22/h2-10,12H,1,11,13-14H2. The van der Waals surface area contributed by atoms with Crippen molar-refractivity contribution in [2.75, 3.05) is 0 Å². The highest BCUT2D eigenvalue weighted by Gasteiger charge is 2.48. The molecule has 0 bridgehead atoms. The first-order valence-electron chi connectivity index (χ1n) is 7.77. The van der Waals surface area contributed by atoms with Crippen LogP contribution in [0.5, 0.6) is 0 Å².